The zero-order chi connectivity index (χ0) is 14.9. The van der Waals surface area contributed by atoms with Crippen LogP contribution in [0, 0.1) is 5.82 Å². The Morgan fingerprint density at radius 3 is 2.60 bits per heavy atom. The first-order valence-corrected chi connectivity index (χ1v) is 6.32. The van der Waals surface area contributed by atoms with E-state index >= 15 is 0 Å². The van der Waals surface area contributed by atoms with Crippen molar-refractivity contribution >= 4 is 34.0 Å². The molecule has 1 aromatic heterocycles. The molecule has 0 spiro atoms. The number of nitrogens with one attached hydrogen (secondary N) is 1. The van der Waals surface area contributed by atoms with Gasteiger partial charge >= 0.3 is 6.18 Å². The van der Waals surface area contributed by atoms with Crippen LogP contribution in [0.25, 0.3) is 0 Å². The highest BCUT2D eigenvalue weighted by Gasteiger charge is 2.34. The van der Waals surface area contributed by atoms with Gasteiger partial charge in [0.2, 0.25) is 0 Å². The van der Waals surface area contributed by atoms with E-state index in [1.165, 1.54) is 0 Å². The van der Waals surface area contributed by atoms with E-state index in [0.717, 1.165) is 23.6 Å². The van der Waals surface area contributed by atoms with Crippen molar-refractivity contribution in [2.24, 2.45) is 0 Å². The maximum absolute atomic E-state index is 12.8. The van der Waals surface area contributed by atoms with Crippen molar-refractivity contribution < 1.29 is 22.4 Å². The number of thiazole rings is 1. The third-order valence-corrected chi connectivity index (χ3v) is 3.26. The Labute approximate surface area is 119 Å². The molecule has 0 fully saturated rings. The summed E-state index contributed by atoms with van der Waals surface area (Å²) in [6.45, 7) is 0. The number of benzene rings is 1. The Morgan fingerprint density at radius 2 is 2.05 bits per heavy atom. The Balaban J connectivity index is 2.17. The Morgan fingerprint density at radius 1 is 1.35 bits per heavy atom. The van der Waals surface area contributed by atoms with Gasteiger partial charge in [-0.2, -0.15) is 13.2 Å². The maximum atomic E-state index is 12.8. The lowest BCUT2D eigenvalue weighted by molar-refractivity contribution is -0.140. The summed E-state index contributed by atoms with van der Waals surface area (Å²) >= 11 is 6.30. The summed E-state index contributed by atoms with van der Waals surface area (Å²) in [5.74, 6) is -1.39. The number of halogens is 5. The van der Waals surface area contributed by atoms with Gasteiger partial charge in [0.25, 0.3) is 5.91 Å². The van der Waals surface area contributed by atoms with E-state index in [1.807, 2.05) is 0 Å². The fraction of sp³-hybridized carbons (Fsp3) is 0.0909. The van der Waals surface area contributed by atoms with E-state index in [-0.39, 0.29) is 15.7 Å². The van der Waals surface area contributed by atoms with Crippen LogP contribution in [0.1, 0.15) is 16.1 Å². The molecule has 0 bridgehead atoms. The minimum atomic E-state index is -4.58. The van der Waals surface area contributed by atoms with E-state index in [9.17, 15) is 22.4 Å². The number of nitrogens with zero attached hydrogens (tertiary/aromatic N) is 1. The van der Waals surface area contributed by atoms with Crippen LogP contribution in [-0.4, -0.2) is 10.9 Å². The molecule has 0 atom stereocenters. The van der Waals surface area contributed by atoms with E-state index in [1.54, 1.807) is 0 Å². The summed E-state index contributed by atoms with van der Waals surface area (Å²) in [6, 6.07) is 3.08. The van der Waals surface area contributed by atoms with Crippen LogP contribution in [0.15, 0.2) is 23.6 Å². The van der Waals surface area contributed by atoms with Crippen molar-refractivity contribution in [3.05, 3.63) is 45.7 Å². The number of aromatic nitrogens is 1. The van der Waals surface area contributed by atoms with Crippen LogP contribution in [0.3, 0.4) is 0 Å². The highest BCUT2D eigenvalue weighted by atomic mass is 35.5. The largest absolute Gasteiger partial charge is 0.434 e. The number of anilines is 1. The molecule has 0 aliphatic heterocycles. The molecule has 0 aliphatic carbocycles. The van der Waals surface area contributed by atoms with Crippen molar-refractivity contribution in [2.75, 3.05) is 5.32 Å². The van der Waals surface area contributed by atoms with Crippen LogP contribution >= 0.6 is 22.9 Å². The minimum Gasteiger partial charge on any atom is -0.298 e. The molecule has 3 nitrogen and oxygen atoms in total. The molecule has 9 heteroatoms. The molecule has 0 saturated heterocycles. The lowest BCUT2D eigenvalue weighted by atomic mass is 10.2. The van der Waals surface area contributed by atoms with Crippen LogP contribution in [0.4, 0.5) is 22.7 Å². The topological polar surface area (TPSA) is 42.0 Å². The summed E-state index contributed by atoms with van der Waals surface area (Å²) in [7, 11) is 0. The zero-order valence-corrected chi connectivity index (χ0v) is 11.0. The van der Waals surface area contributed by atoms with Crippen LogP contribution in [-0.2, 0) is 6.18 Å². The maximum Gasteiger partial charge on any atom is 0.434 e. The molecular formula is C11H5ClF4N2OS. The van der Waals surface area contributed by atoms with Gasteiger partial charge in [-0.25, -0.2) is 9.37 Å². The monoisotopic (exact) mass is 324 g/mol. The van der Waals surface area contributed by atoms with Crippen LogP contribution in [0.2, 0.25) is 5.02 Å². The van der Waals surface area contributed by atoms with Crippen LogP contribution in [0.5, 0.6) is 0 Å². The van der Waals surface area contributed by atoms with Gasteiger partial charge in [-0.05, 0) is 18.2 Å². The highest BCUT2D eigenvalue weighted by Crippen LogP contribution is 2.31. The summed E-state index contributed by atoms with van der Waals surface area (Å²) in [5.41, 5.74) is -1.15. The molecule has 1 amide bonds. The van der Waals surface area contributed by atoms with E-state index < -0.39 is 23.6 Å². The second-order valence-electron chi connectivity index (χ2n) is 3.61. The summed E-state index contributed by atoms with van der Waals surface area (Å²) in [5, 5.41) is 2.59. The fourth-order valence-electron chi connectivity index (χ4n) is 1.30. The summed E-state index contributed by atoms with van der Waals surface area (Å²) < 4.78 is 49.8. The molecule has 0 radical (unpaired) electrons. The number of hydrogen-bond donors (Lipinski definition) is 1. The second kappa shape index (κ2) is 5.37. The first-order valence-electron chi connectivity index (χ1n) is 5.06. The van der Waals surface area contributed by atoms with Gasteiger partial charge in [0.1, 0.15) is 5.82 Å². The third kappa shape index (κ3) is 3.26. The van der Waals surface area contributed by atoms with Crippen molar-refractivity contribution in [2.45, 2.75) is 6.18 Å². The summed E-state index contributed by atoms with van der Waals surface area (Å²) in [4.78, 5) is 15.0. The quantitative estimate of drug-likeness (QED) is 0.841. The first kappa shape index (κ1) is 14.7. The molecule has 1 aromatic carbocycles. The third-order valence-electron chi connectivity index (χ3n) is 2.19. The van der Waals surface area contributed by atoms with E-state index in [4.69, 9.17) is 11.6 Å². The Kier molecular flexibility index (Phi) is 3.96. The lowest BCUT2D eigenvalue weighted by Gasteiger charge is -2.04. The van der Waals surface area contributed by atoms with Crippen molar-refractivity contribution in [3.8, 4) is 0 Å². The Hall–Kier alpha value is -1.67. The van der Waals surface area contributed by atoms with Gasteiger partial charge in [-0.1, -0.05) is 11.6 Å². The first-order chi connectivity index (χ1) is 9.27. The van der Waals surface area contributed by atoms with Crippen molar-refractivity contribution in [3.63, 3.8) is 0 Å². The standard InChI is InChI=1S/C11H5ClF4N2OS/c12-7-3-5(13)1-2-6(7)9(19)18-10-17-8(4-20-10)11(14,15)16/h1-4H,(H,17,18,19). The van der Waals surface area contributed by atoms with E-state index in [0.29, 0.717) is 11.3 Å². The van der Waals surface area contributed by atoms with Gasteiger partial charge in [-0.15, -0.1) is 11.3 Å². The lowest BCUT2D eigenvalue weighted by Crippen LogP contribution is -2.13. The van der Waals surface area contributed by atoms with Crippen LogP contribution < -0.4 is 5.32 Å². The van der Waals surface area contributed by atoms with Gasteiger partial charge in [-0.3, -0.25) is 10.1 Å². The second-order valence-corrected chi connectivity index (χ2v) is 4.88. The molecule has 1 heterocycles. The molecule has 20 heavy (non-hydrogen) atoms. The predicted octanol–water partition coefficient (Wildman–Crippen LogP) is 4.21. The van der Waals surface area contributed by atoms with E-state index in [2.05, 4.69) is 10.3 Å². The number of carbonyl (C=O) groups excluding carboxylic acids is 1. The van der Waals surface area contributed by atoms with Gasteiger partial charge in [0.15, 0.2) is 10.8 Å². The molecular weight excluding hydrogens is 320 g/mol. The van der Waals surface area contributed by atoms with Crippen molar-refractivity contribution in [1.29, 1.82) is 0 Å². The number of alkyl halides is 3. The molecule has 1 N–H and O–H groups in total. The zero-order valence-electron chi connectivity index (χ0n) is 9.46. The SMILES string of the molecule is O=C(Nc1nc(C(F)(F)F)cs1)c1ccc(F)cc1Cl. The normalized spacial score (nSPS) is 11.4. The highest BCUT2D eigenvalue weighted by molar-refractivity contribution is 7.14. The summed E-state index contributed by atoms with van der Waals surface area (Å²) in [6.07, 6.45) is -4.58. The molecule has 106 valence electrons. The average Bonchev–Trinajstić information content (AvgIpc) is 2.76. The van der Waals surface area contributed by atoms with Crippen molar-refractivity contribution in [1.82, 2.24) is 4.98 Å². The number of hydrogen-bond acceptors (Lipinski definition) is 3. The van der Waals surface area contributed by atoms with Gasteiger partial charge < -0.3 is 0 Å². The molecule has 2 rings (SSSR count). The number of rotatable bonds is 2. The molecule has 0 unspecified atom stereocenters. The van der Waals surface area contributed by atoms with Gasteiger partial charge in [0, 0.05) is 5.38 Å². The fourth-order valence-corrected chi connectivity index (χ4v) is 2.26. The predicted molar refractivity (Wildman–Crippen MR) is 66.5 cm³/mol. The smallest absolute Gasteiger partial charge is 0.298 e. The molecule has 0 aliphatic rings. The minimum absolute atomic E-state index is 0.0585. The number of amides is 1. The molecule has 0 saturated carbocycles. The number of carbonyl (C=O) groups is 1. The average molecular weight is 325 g/mol. The molecule has 2 aromatic rings. The van der Waals surface area contributed by atoms with Gasteiger partial charge in [0.05, 0.1) is 10.6 Å². The Bertz CT molecular complexity index is 656.